The summed E-state index contributed by atoms with van der Waals surface area (Å²) >= 11 is 3.30. The van der Waals surface area contributed by atoms with Gasteiger partial charge in [0.25, 0.3) is 0 Å². The molecule has 0 N–H and O–H groups in total. The first-order valence-electron chi connectivity index (χ1n) is 3.02. The van der Waals surface area contributed by atoms with Crippen LogP contribution >= 0.6 is 15.9 Å². The Hall–Kier alpha value is -0.110. The quantitative estimate of drug-likeness (QED) is 0.593. The standard InChI is InChI=1S/C7H12BrN/c1-4-5-7(8)9-6(2)3/h4-6H,1-3H3/b5-4-,9-7+. The summed E-state index contributed by atoms with van der Waals surface area (Å²) in [4.78, 5) is 4.21. The lowest BCUT2D eigenvalue weighted by Crippen LogP contribution is -1.91. The molecule has 0 aliphatic heterocycles. The first kappa shape index (κ1) is 8.89. The van der Waals surface area contributed by atoms with Crippen LogP contribution in [0.3, 0.4) is 0 Å². The Morgan fingerprint density at radius 2 is 2.11 bits per heavy atom. The van der Waals surface area contributed by atoms with Gasteiger partial charge in [-0.25, -0.2) is 0 Å². The van der Waals surface area contributed by atoms with Gasteiger partial charge < -0.3 is 0 Å². The number of allylic oxidation sites excluding steroid dienone is 2. The molecule has 0 aromatic rings. The molecule has 1 nitrogen and oxygen atoms in total. The van der Waals surface area contributed by atoms with E-state index in [1.165, 1.54) is 0 Å². The Labute approximate surface area is 65.0 Å². The molecule has 0 aromatic heterocycles. The van der Waals surface area contributed by atoms with Crippen LogP contribution in [-0.4, -0.2) is 10.7 Å². The molecule has 52 valence electrons. The van der Waals surface area contributed by atoms with Crippen molar-refractivity contribution in [3.05, 3.63) is 12.2 Å². The van der Waals surface area contributed by atoms with Gasteiger partial charge in [0.1, 0.15) is 4.62 Å². The second kappa shape index (κ2) is 4.74. The van der Waals surface area contributed by atoms with Gasteiger partial charge in [0, 0.05) is 6.04 Å². The van der Waals surface area contributed by atoms with Gasteiger partial charge in [0.2, 0.25) is 0 Å². The van der Waals surface area contributed by atoms with E-state index in [9.17, 15) is 0 Å². The molecule has 0 unspecified atom stereocenters. The van der Waals surface area contributed by atoms with Crippen LogP contribution in [0.15, 0.2) is 17.1 Å². The average Bonchev–Trinajstić information content (AvgIpc) is 1.63. The molecule has 0 atom stereocenters. The van der Waals surface area contributed by atoms with Gasteiger partial charge in [0.05, 0.1) is 0 Å². The number of nitrogens with zero attached hydrogens (tertiary/aromatic N) is 1. The molecule has 0 bridgehead atoms. The summed E-state index contributed by atoms with van der Waals surface area (Å²) in [6.07, 6.45) is 3.88. The molecule has 0 saturated carbocycles. The molecule has 9 heavy (non-hydrogen) atoms. The molecule has 0 amide bonds. The van der Waals surface area contributed by atoms with Crippen molar-refractivity contribution in [3.63, 3.8) is 0 Å². The SMILES string of the molecule is C/C=C\C(Br)=N/C(C)C. The maximum atomic E-state index is 4.21. The minimum Gasteiger partial charge on any atom is -0.275 e. The summed E-state index contributed by atoms with van der Waals surface area (Å²) in [7, 11) is 0. The number of hydrogen-bond donors (Lipinski definition) is 0. The van der Waals surface area contributed by atoms with Crippen molar-refractivity contribution in [1.29, 1.82) is 0 Å². The predicted octanol–water partition coefficient (Wildman–Crippen LogP) is 2.76. The zero-order valence-electron chi connectivity index (χ0n) is 6.06. The normalized spacial score (nSPS) is 13.7. The maximum absolute atomic E-state index is 4.21. The molecule has 0 heterocycles. The van der Waals surface area contributed by atoms with Crippen molar-refractivity contribution in [2.24, 2.45) is 4.99 Å². The summed E-state index contributed by atoms with van der Waals surface area (Å²) in [5.74, 6) is 0. The minimum absolute atomic E-state index is 0.371. The van der Waals surface area contributed by atoms with Crippen LogP contribution in [0.4, 0.5) is 0 Å². The Morgan fingerprint density at radius 1 is 1.56 bits per heavy atom. The average molecular weight is 190 g/mol. The van der Waals surface area contributed by atoms with Crippen molar-refractivity contribution in [2.45, 2.75) is 26.8 Å². The van der Waals surface area contributed by atoms with E-state index in [-0.39, 0.29) is 0 Å². The first-order chi connectivity index (χ1) is 4.16. The van der Waals surface area contributed by atoms with Crippen LogP contribution in [0.5, 0.6) is 0 Å². The Kier molecular flexibility index (Phi) is 4.68. The van der Waals surface area contributed by atoms with Crippen molar-refractivity contribution in [3.8, 4) is 0 Å². The molecule has 0 aliphatic carbocycles. The number of halogens is 1. The fraction of sp³-hybridized carbons (Fsp3) is 0.571. The lowest BCUT2D eigenvalue weighted by Gasteiger charge is -1.94. The monoisotopic (exact) mass is 189 g/mol. The van der Waals surface area contributed by atoms with Gasteiger partial charge in [0.15, 0.2) is 0 Å². The van der Waals surface area contributed by atoms with Crippen molar-refractivity contribution in [2.75, 3.05) is 0 Å². The third-order valence-electron chi connectivity index (χ3n) is 0.686. The molecule has 0 spiro atoms. The Balaban J connectivity index is 3.84. The van der Waals surface area contributed by atoms with E-state index in [4.69, 9.17) is 0 Å². The van der Waals surface area contributed by atoms with E-state index < -0.39 is 0 Å². The fourth-order valence-electron chi connectivity index (χ4n) is 0.427. The Morgan fingerprint density at radius 3 is 2.44 bits per heavy atom. The zero-order chi connectivity index (χ0) is 7.28. The van der Waals surface area contributed by atoms with E-state index in [2.05, 4.69) is 20.9 Å². The molecule has 0 rings (SSSR count). The van der Waals surface area contributed by atoms with E-state index in [1.54, 1.807) is 0 Å². The van der Waals surface area contributed by atoms with Crippen molar-refractivity contribution >= 4 is 20.6 Å². The van der Waals surface area contributed by atoms with E-state index in [0.29, 0.717) is 6.04 Å². The summed E-state index contributed by atoms with van der Waals surface area (Å²) in [6.45, 7) is 6.06. The van der Waals surface area contributed by atoms with Crippen LogP contribution < -0.4 is 0 Å². The number of rotatable bonds is 2. The summed E-state index contributed by atoms with van der Waals surface area (Å²) < 4.78 is 0.917. The number of aliphatic imine (C=N–C) groups is 1. The van der Waals surface area contributed by atoms with Crippen LogP contribution in [0.2, 0.25) is 0 Å². The lowest BCUT2D eigenvalue weighted by atomic mass is 10.4. The second-order valence-electron chi connectivity index (χ2n) is 2.05. The third-order valence-corrected chi connectivity index (χ3v) is 1.15. The number of hydrogen-bond acceptors (Lipinski definition) is 1. The highest BCUT2D eigenvalue weighted by Gasteiger charge is 1.87. The van der Waals surface area contributed by atoms with Crippen LogP contribution in [0.1, 0.15) is 20.8 Å². The molecule has 2 heteroatoms. The molecule has 0 aliphatic rings. The highest BCUT2D eigenvalue weighted by atomic mass is 79.9. The molecule has 0 aromatic carbocycles. The molecular weight excluding hydrogens is 178 g/mol. The fourth-order valence-corrected chi connectivity index (χ4v) is 1.10. The zero-order valence-corrected chi connectivity index (χ0v) is 7.64. The van der Waals surface area contributed by atoms with Gasteiger partial charge in [-0.2, -0.15) is 0 Å². The molecule has 0 saturated heterocycles. The third kappa shape index (κ3) is 5.77. The summed E-state index contributed by atoms with van der Waals surface area (Å²) in [5.41, 5.74) is 0. The van der Waals surface area contributed by atoms with Crippen molar-refractivity contribution in [1.82, 2.24) is 0 Å². The van der Waals surface area contributed by atoms with E-state index in [0.717, 1.165) is 4.62 Å². The molecule has 0 fully saturated rings. The van der Waals surface area contributed by atoms with Gasteiger partial charge in [-0.1, -0.05) is 6.08 Å². The highest BCUT2D eigenvalue weighted by Crippen LogP contribution is 1.96. The highest BCUT2D eigenvalue weighted by molar-refractivity contribution is 9.18. The van der Waals surface area contributed by atoms with E-state index in [1.807, 2.05) is 32.9 Å². The van der Waals surface area contributed by atoms with Gasteiger partial charge >= 0.3 is 0 Å². The largest absolute Gasteiger partial charge is 0.275 e. The predicted molar refractivity (Wildman–Crippen MR) is 46.3 cm³/mol. The minimum atomic E-state index is 0.371. The first-order valence-corrected chi connectivity index (χ1v) is 3.82. The van der Waals surface area contributed by atoms with Gasteiger partial charge in [-0.15, -0.1) is 0 Å². The van der Waals surface area contributed by atoms with Gasteiger partial charge in [-0.05, 0) is 42.8 Å². The summed E-state index contributed by atoms with van der Waals surface area (Å²) in [5, 5.41) is 0. The van der Waals surface area contributed by atoms with Crippen LogP contribution in [-0.2, 0) is 0 Å². The smallest absolute Gasteiger partial charge is 0.100 e. The van der Waals surface area contributed by atoms with Gasteiger partial charge in [-0.3, -0.25) is 4.99 Å². The lowest BCUT2D eigenvalue weighted by molar-refractivity contribution is 0.841. The molecule has 0 radical (unpaired) electrons. The molecular formula is C7H12BrN. The van der Waals surface area contributed by atoms with Crippen LogP contribution in [0, 0.1) is 0 Å². The Bertz CT molecular complexity index is 125. The van der Waals surface area contributed by atoms with E-state index >= 15 is 0 Å². The van der Waals surface area contributed by atoms with Crippen LogP contribution in [0.25, 0.3) is 0 Å². The summed E-state index contributed by atoms with van der Waals surface area (Å²) in [6, 6.07) is 0.371. The topological polar surface area (TPSA) is 12.4 Å². The maximum Gasteiger partial charge on any atom is 0.100 e. The van der Waals surface area contributed by atoms with Crippen molar-refractivity contribution < 1.29 is 0 Å². The second-order valence-corrected chi connectivity index (χ2v) is 2.86.